The van der Waals surface area contributed by atoms with Gasteiger partial charge in [-0.25, -0.2) is 4.99 Å². The first-order valence-corrected chi connectivity index (χ1v) is 13.1. The lowest BCUT2D eigenvalue weighted by Crippen LogP contribution is -2.39. The van der Waals surface area contributed by atoms with E-state index in [1.165, 1.54) is 18.3 Å². The Kier molecular flexibility index (Phi) is 6.70. The molecule has 2 aromatic heterocycles. The molecule has 0 spiro atoms. The van der Waals surface area contributed by atoms with Crippen LogP contribution in [0.1, 0.15) is 31.2 Å². The third-order valence-corrected chi connectivity index (χ3v) is 7.77. The van der Waals surface area contributed by atoms with Crippen molar-refractivity contribution < 1.29 is 9.21 Å². The summed E-state index contributed by atoms with van der Waals surface area (Å²) in [4.78, 5) is 33.5. The number of hydrogen-bond acceptors (Lipinski definition) is 6. The molecule has 188 valence electrons. The molecular weight excluding hydrogens is 529 g/mol. The number of furan rings is 1. The molecule has 9 heteroatoms. The van der Waals surface area contributed by atoms with Crippen molar-refractivity contribution in [2.24, 2.45) is 4.99 Å². The maximum absolute atomic E-state index is 13.7. The third kappa shape index (κ3) is 4.70. The van der Waals surface area contributed by atoms with E-state index in [1.54, 1.807) is 41.0 Å². The number of benzene rings is 2. The molecule has 0 aliphatic carbocycles. The standard InChI is InChI=1S/C28H23Cl2N3O3S/c1-15-25(16(2)34)26(17-5-8-19(9-6-17)32(3)4)33-27(35)24(37-28(33)31-15)14-20-10-12-23(36-20)21-13-18(29)7-11-22(21)30/h5-14,26H,1-4H3. The van der Waals surface area contributed by atoms with Crippen LogP contribution in [0, 0.1) is 0 Å². The zero-order chi connectivity index (χ0) is 26.4. The number of rotatable bonds is 5. The molecule has 0 radical (unpaired) electrons. The molecule has 1 aliphatic heterocycles. The lowest BCUT2D eigenvalue weighted by Gasteiger charge is -2.25. The number of carbonyl (C=O) groups is 1. The van der Waals surface area contributed by atoms with Gasteiger partial charge >= 0.3 is 0 Å². The first kappa shape index (κ1) is 25.3. The number of carbonyl (C=O) groups excluding carboxylic acids is 1. The van der Waals surface area contributed by atoms with Crippen molar-refractivity contribution in [3.63, 3.8) is 0 Å². The average Bonchev–Trinajstić information content (AvgIpc) is 3.44. The summed E-state index contributed by atoms with van der Waals surface area (Å²) in [6.45, 7) is 3.32. The van der Waals surface area contributed by atoms with Crippen LogP contribution in [0.3, 0.4) is 0 Å². The Morgan fingerprint density at radius 2 is 1.84 bits per heavy atom. The number of allylic oxidation sites excluding steroid dienone is 2. The highest BCUT2D eigenvalue weighted by atomic mass is 35.5. The Morgan fingerprint density at radius 3 is 2.51 bits per heavy atom. The number of ketones is 1. The van der Waals surface area contributed by atoms with Crippen molar-refractivity contribution in [3.8, 4) is 11.3 Å². The second kappa shape index (κ2) is 9.82. The summed E-state index contributed by atoms with van der Waals surface area (Å²) in [5, 5.41) is 1.05. The molecule has 2 aromatic carbocycles. The van der Waals surface area contributed by atoms with Gasteiger partial charge in [-0.05, 0) is 61.9 Å². The minimum atomic E-state index is -0.565. The minimum Gasteiger partial charge on any atom is -0.457 e. The Balaban J connectivity index is 1.63. The summed E-state index contributed by atoms with van der Waals surface area (Å²) in [6, 6.07) is 16.0. The summed E-state index contributed by atoms with van der Waals surface area (Å²) < 4.78 is 8.03. The highest BCUT2D eigenvalue weighted by molar-refractivity contribution is 7.07. The van der Waals surface area contributed by atoms with Gasteiger partial charge in [-0.15, -0.1) is 0 Å². The summed E-state index contributed by atoms with van der Waals surface area (Å²) in [7, 11) is 3.92. The van der Waals surface area contributed by atoms with E-state index in [0.717, 1.165) is 11.3 Å². The number of fused-ring (bicyclic) bond motifs is 1. The molecule has 1 aliphatic rings. The minimum absolute atomic E-state index is 0.119. The first-order chi connectivity index (χ1) is 17.6. The Labute approximate surface area is 227 Å². The summed E-state index contributed by atoms with van der Waals surface area (Å²) in [6.07, 6.45) is 1.69. The van der Waals surface area contributed by atoms with Crippen LogP contribution >= 0.6 is 34.5 Å². The van der Waals surface area contributed by atoms with Gasteiger partial charge in [-0.2, -0.15) is 0 Å². The summed E-state index contributed by atoms with van der Waals surface area (Å²) in [5.41, 5.74) is 3.40. The maximum Gasteiger partial charge on any atom is 0.271 e. The molecule has 1 unspecified atom stereocenters. The van der Waals surface area contributed by atoms with Crippen molar-refractivity contribution in [3.05, 3.63) is 107 Å². The van der Waals surface area contributed by atoms with Gasteiger partial charge in [0, 0.05) is 47.7 Å². The van der Waals surface area contributed by atoms with Crippen molar-refractivity contribution >= 4 is 52.1 Å². The van der Waals surface area contributed by atoms with E-state index in [1.807, 2.05) is 50.2 Å². The normalized spacial score (nSPS) is 15.5. The largest absolute Gasteiger partial charge is 0.457 e. The molecule has 6 nitrogen and oxygen atoms in total. The van der Waals surface area contributed by atoms with Gasteiger partial charge in [-0.1, -0.05) is 46.7 Å². The zero-order valence-corrected chi connectivity index (χ0v) is 22.9. The molecule has 0 amide bonds. The van der Waals surface area contributed by atoms with Crippen molar-refractivity contribution in [2.75, 3.05) is 19.0 Å². The van der Waals surface area contributed by atoms with Gasteiger partial charge in [0.05, 0.1) is 15.6 Å². The number of hydrogen-bond donors (Lipinski definition) is 0. The fourth-order valence-corrected chi connectivity index (χ4v) is 5.84. The van der Waals surface area contributed by atoms with Gasteiger partial charge in [0.15, 0.2) is 10.6 Å². The Bertz CT molecular complexity index is 1740. The van der Waals surface area contributed by atoms with Crippen LogP contribution in [0.4, 0.5) is 5.69 Å². The lowest BCUT2D eigenvalue weighted by atomic mass is 9.93. The van der Waals surface area contributed by atoms with Gasteiger partial charge in [-0.3, -0.25) is 14.2 Å². The number of aromatic nitrogens is 1. The molecule has 3 heterocycles. The molecule has 0 bridgehead atoms. The van der Waals surface area contributed by atoms with Crippen molar-refractivity contribution in [1.29, 1.82) is 0 Å². The second-order valence-corrected chi connectivity index (χ2v) is 10.8. The molecule has 4 aromatic rings. The first-order valence-electron chi connectivity index (χ1n) is 11.5. The van der Waals surface area contributed by atoms with Gasteiger partial charge in [0.2, 0.25) is 0 Å². The molecule has 0 fully saturated rings. The smallest absolute Gasteiger partial charge is 0.271 e. The molecule has 1 atom stereocenters. The van der Waals surface area contributed by atoms with Crippen LogP contribution in [0.2, 0.25) is 10.0 Å². The van der Waals surface area contributed by atoms with Gasteiger partial charge < -0.3 is 9.32 Å². The molecule has 5 rings (SSSR count). The second-order valence-electron chi connectivity index (χ2n) is 8.95. The van der Waals surface area contributed by atoms with Crippen LogP contribution in [0.25, 0.3) is 17.4 Å². The van der Waals surface area contributed by atoms with Crippen LogP contribution < -0.4 is 19.8 Å². The van der Waals surface area contributed by atoms with Crippen LogP contribution in [0.5, 0.6) is 0 Å². The van der Waals surface area contributed by atoms with Crippen LogP contribution in [0.15, 0.2) is 80.1 Å². The zero-order valence-electron chi connectivity index (χ0n) is 20.6. The van der Waals surface area contributed by atoms with E-state index in [9.17, 15) is 9.59 Å². The quantitative estimate of drug-likeness (QED) is 0.330. The van der Waals surface area contributed by atoms with E-state index in [0.29, 0.717) is 47.7 Å². The van der Waals surface area contributed by atoms with E-state index in [4.69, 9.17) is 27.6 Å². The van der Waals surface area contributed by atoms with Crippen LogP contribution in [-0.2, 0) is 4.79 Å². The highest BCUT2D eigenvalue weighted by Gasteiger charge is 2.30. The summed E-state index contributed by atoms with van der Waals surface area (Å²) >= 11 is 13.7. The number of thiazole rings is 1. The molecule has 0 saturated heterocycles. The van der Waals surface area contributed by atoms with Gasteiger partial charge in [0.25, 0.3) is 5.56 Å². The maximum atomic E-state index is 13.7. The average molecular weight is 552 g/mol. The fourth-order valence-electron chi connectivity index (χ4n) is 4.43. The number of halogens is 2. The Hall–Kier alpha value is -3.39. The van der Waals surface area contributed by atoms with Gasteiger partial charge in [0.1, 0.15) is 11.5 Å². The van der Waals surface area contributed by atoms with Crippen molar-refractivity contribution in [2.45, 2.75) is 19.9 Å². The Morgan fingerprint density at radius 1 is 1.11 bits per heavy atom. The molecule has 0 saturated carbocycles. The van der Waals surface area contributed by atoms with E-state index in [-0.39, 0.29) is 11.3 Å². The highest BCUT2D eigenvalue weighted by Crippen LogP contribution is 2.33. The van der Waals surface area contributed by atoms with E-state index >= 15 is 0 Å². The fraction of sp³-hybridized carbons (Fsp3) is 0.179. The summed E-state index contributed by atoms with van der Waals surface area (Å²) in [5.74, 6) is 0.914. The molecule has 0 N–H and O–H groups in total. The third-order valence-electron chi connectivity index (χ3n) is 6.22. The van der Waals surface area contributed by atoms with Crippen molar-refractivity contribution in [1.82, 2.24) is 4.57 Å². The van der Waals surface area contributed by atoms with Crippen LogP contribution in [-0.4, -0.2) is 24.4 Å². The predicted molar refractivity (Wildman–Crippen MR) is 149 cm³/mol. The van der Waals surface area contributed by atoms with E-state index < -0.39 is 6.04 Å². The van der Waals surface area contributed by atoms with E-state index in [2.05, 4.69) is 4.99 Å². The number of Topliss-reactive ketones (excluding diaryl/α,β-unsaturated/α-hetero) is 1. The topological polar surface area (TPSA) is 67.8 Å². The number of nitrogens with zero attached hydrogens (tertiary/aromatic N) is 3. The SMILES string of the molecule is CC(=O)C1=C(C)N=c2sc(=Cc3ccc(-c4cc(Cl)ccc4Cl)o3)c(=O)n2C1c1ccc(N(C)C)cc1. The molecule has 37 heavy (non-hydrogen) atoms. The number of anilines is 1. The lowest BCUT2D eigenvalue weighted by molar-refractivity contribution is -0.114. The molecular formula is C28H23Cl2N3O3S. The monoisotopic (exact) mass is 551 g/mol. The predicted octanol–water partition coefficient (Wildman–Crippen LogP) is 5.46.